The van der Waals surface area contributed by atoms with E-state index in [4.69, 9.17) is 4.74 Å². The molecule has 176 valence electrons. The van der Waals surface area contributed by atoms with Gasteiger partial charge in [0.25, 0.3) is 0 Å². The standard InChI is InChI=1S/C25H30N2O5S/c1-24(2)17-10-11-25(24)15-33(30,31)27(21(25)13-17)22(28)19-12-16-8-9-20(19)26(14-16)23(29)32-18-6-4-3-5-7-18/h3-9,16-17,19-21H,10-15H2,1-2H3/t16-,17-,19+,20+,21+,25-/m1/s1. The Balaban J connectivity index is 1.28. The summed E-state index contributed by atoms with van der Waals surface area (Å²) in [7, 11) is -3.69. The van der Waals surface area contributed by atoms with Crippen LogP contribution in [0.3, 0.4) is 0 Å². The highest BCUT2D eigenvalue weighted by Crippen LogP contribution is 2.70. The first-order valence-electron chi connectivity index (χ1n) is 11.9. The van der Waals surface area contributed by atoms with Gasteiger partial charge >= 0.3 is 6.09 Å². The second-order valence-electron chi connectivity index (χ2n) is 11.1. The summed E-state index contributed by atoms with van der Waals surface area (Å²) in [6.07, 6.45) is 6.65. The lowest BCUT2D eigenvalue weighted by Gasteiger charge is -2.46. The third-order valence-electron chi connectivity index (χ3n) is 9.47. The SMILES string of the molecule is CC1(C)[C@@H]2CC[C@]13CS(=O)(=O)N(C(=O)[C@H]1C[C@H]4C=C[C@@H]1N(C(=O)Oc1ccccc1)C4)[C@H]3C2. The van der Waals surface area contributed by atoms with Crippen molar-refractivity contribution in [1.29, 1.82) is 0 Å². The lowest BCUT2D eigenvalue weighted by molar-refractivity contribution is -0.136. The molecule has 3 aliphatic heterocycles. The first-order chi connectivity index (χ1) is 15.6. The lowest BCUT2D eigenvalue weighted by Crippen LogP contribution is -2.58. The van der Waals surface area contributed by atoms with Crippen LogP contribution in [0, 0.1) is 28.6 Å². The number of hydrogen-bond donors (Lipinski definition) is 0. The normalized spacial score (nSPS) is 39.0. The molecule has 7 nitrogen and oxygen atoms in total. The molecule has 4 fully saturated rings. The first kappa shape index (κ1) is 21.2. The van der Waals surface area contributed by atoms with Crippen molar-refractivity contribution < 1.29 is 22.7 Å². The second-order valence-corrected chi connectivity index (χ2v) is 12.9. The van der Waals surface area contributed by atoms with Gasteiger partial charge in [-0.3, -0.25) is 4.79 Å². The quantitative estimate of drug-likeness (QED) is 0.619. The van der Waals surface area contributed by atoms with Gasteiger partial charge in [-0.1, -0.05) is 44.2 Å². The molecule has 6 aliphatic rings. The highest BCUT2D eigenvalue weighted by Gasteiger charge is 2.72. The van der Waals surface area contributed by atoms with Crippen molar-refractivity contribution >= 4 is 22.0 Å². The summed E-state index contributed by atoms with van der Waals surface area (Å²) >= 11 is 0. The summed E-state index contributed by atoms with van der Waals surface area (Å²) in [6, 6.07) is 8.12. The number of rotatable bonds is 2. The Morgan fingerprint density at radius 1 is 1.09 bits per heavy atom. The van der Waals surface area contributed by atoms with Crippen molar-refractivity contribution in [2.45, 2.75) is 51.6 Å². The van der Waals surface area contributed by atoms with Crippen molar-refractivity contribution in [3.05, 3.63) is 42.5 Å². The first-order valence-corrected chi connectivity index (χ1v) is 13.5. The van der Waals surface area contributed by atoms with E-state index in [0.29, 0.717) is 24.6 Å². The number of sulfonamides is 1. The molecular weight excluding hydrogens is 440 g/mol. The summed E-state index contributed by atoms with van der Waals surface area (Å²) in [6.45, 7) is 4.84. The molecule has 7 rings (SSSR count). The molecule has 1 aromatic rings. The molecule has 1 spiro atoms. The summed E-state index contributed by atoms with van der Waals surface area (Å²) in [5.74, 6) is 0.0810. The van der Waals surface area contributed by atoms with Crippen LogP contribution in [-0.2, 0) is 14.8 Å². The van der Waals surface area contributed by atoms with E-state index >= 15 is 0 Å². The molecule has 1 aromatic carbocycles. The van der Waals surface area contributed by atoms with Crippen LogP contribution in [0.4, 0.5) is 4.79 Å². The molecular formula is C25H30N2O5S. The van der Waals surface area contributed by atoms with E-state index in [1.54, 1.807) is 29.2 Å². The van der Waals surface area contributed by atoms with E-state index in [1.165, 1.54) is 4.31 Å². The van der Waals surface area contributed by atoms with Crippen LogP contribution in [0.2, 0.25) is 0 Å². The van der Waals surface area contributed by atoms with E-state index < -0.39 is 28.1 Å². The van der Waals surface area contributed by atoms with E-state index in [-0.39, 0.29) is 34.4 Å². The highest BCUT2D eigenvalue weighted by atomic mass is 32.2. The van der Waals surface area contributed by atoms with E-state index in [9.17, 15) is 18.0 Å². The maximum Gasteiger partial charge on any atom is 0.415 e. The molecule has 33 heavy (non-hydrogen) atoms. The fourth-order valence-corrected chi connectivity index (χ4v) is 10.2. The molecule has 0 N–H and O–H groups in total. The Morgan fingerprint density at radius 3 is 2.55 bits per heavy atom. The van der Waals surface area contributed by atoms with Crippen LogP contribution in [0.5, 0.6) is 5.75 Å². The zero-order chi connectivity index (χ0) is 23.2. The summed E-state index contributed by atoms with van der Waals surface area (Å²) in [4.78, 5) is 28.5. The number of carbonyl (C=O) groups excluding carboxylic acids is 2. The molecule has 0 radical (unpaired) electrons. The number of nitrogens with zero attached hydrogens (tertiary/aromatic N) is 2. The van der Waals surface area contributed by atoms with Gasteiger partial charge in [0.1, 0.15) is 5.75 Å². The monoisotopic (exact) mass is 470 g/mol. The van der Waals surface area contributed by atoms with Gasteiger partial charge in [0.15, 0.2) is 0 Å². The van der Waals surface area contributed by atoms with Crippen LogP contribution in [0.15, 0.2) is 42.5 Å². The lowest BCUT2D eigenvalue weighted by atomic mass is 9.69. The molecule has 3 heterocycles. The minimum atomic E-state index is -3.69. The smallest absolute Gasteiger partial charge is 0.410 e. The molecule has 4 bridgehead atoms. The van der Waals surface area contributed by atoms with Gasteiger partial charge in [-0.25, -0.2) is 17.5 Å². The van der Waals surface area contributed by atoms with Gasteiger partial charge in [-0.15, -0.1) is 0 Å². The van der Waals surface area contributed by atoms with E-state index in [2.05, 4.69) is 13.8 Å². The Morgan fingerprint density at radius 2 is 1.85 bits per heavy atom. The number of para-hydroxylation sites is 1. The minimum absolute atomic E-state index is 0.0167. The molecule has 2 saturated heterocycles. The zero-order valence-corrected chi connectivity index (χ0v) is 19.8. The van der Waals surface area contributed by atoms with Gasteiger partial charge in [-0.2, -0.15) is 0 Å². The number of hydrogen-bond acceptors (Lipinski definition) is 5. The average molecular weight is 471 g/mol. The van der Waals surface area contributed by atoms with Crippen molar-refractivity contribution in [2.24, 2.45) is 28.6 Å². The Labute approximate surface area is 194 Å². The zero-order valence-electron chi connectivity index (χ0n) is 19.0. The van der Waals surface area contributed by atoms with Crippen LogP contribution in [0.25, 0.3) is 0 Å². The van der Waals surface area contributed by atoms with Gasteiger partial charge in [-0.05, 0) is 55.1 Å². The number of benzene rings is 1. The van der Waals surface area contributed by atoms with Gasteiger partial charge in [0.2, 0.25) is 15.9 Å². The average Bonchev–Trinajstić information content (AvgIpc) is 3.27. The van der Waals surface area contributed by atoms with Gasteiger partial charge < -0.3 is 9.64 Å². The Hall–Kier alpha value is -2.35. The maximum absolute atomic E-state index is 13.9. The summed E-state index contributed by atoms with van der Waals surface area (Å²) in [5.41, 5.74) is -0.432. The maximum atomic E-state index is 13.9. The molecule has 2 saturated carbocycles. The van der Waals surface area contributed by atoms with Crippen molar-refractivity contribution in [3.8, 4) is 5.75 Å². The molecule has 6 atom stereocenters. The minimum Gasteiger partial charge on any atom is -0.410 e. The van der Waals surface area contributed by atoms with Crippen molar-refractivity contribution in [3.63, 3.8) is 0 Å². The van der Waals surface area contributed by atoms with Gasteiger partial charge in [0.05, 0.1) is 23.8 Å². The predicted octanol–water partition coefficient (Wildman–Crippen LogP) is 3.43. The largest absolute Gasteiger partial charge is 0.415 e. The summed E-state index contributed by atoms with van der Waals surface area (Å²) < 4.78 is 33.6. The van der Waals surface area contributed by atoms with Crippen LogP contribution >= 0.6 is 0 Å². The molecule has 3 aliphatic carbocycles. The number of amides is 2. The summed E-state index contributed by atoms with van der Waals surface area (Å²) in [5, 5.41) is 0. The molecule has 0 unspecified atom stereocenters. The molecule has 2 amide bonds. The van der Waals surface area contributed by atoms with E-state index in [1.807, 2.05) is 18.2 Å². The van der Waals surface area contributed by atoms with Gasteiger partial charge in [0, 0.05) is 12.0 Å². The van der Waals surface area contributed by atoms with Crippen LogP contribution < -0.4 is 4.74 Å². The van der Waals surface area contributed by atoms with E-state index in [0.717, 1.165) is 19.3 Å². The third-order valence-corrected chi connectivity index (χ3v) is 11.4. The predicted molar refractivity (Wildman–Crippen MR) is 122 cm³/mol. The number of carbonyl (C=O) groups is 2. The number of ether oxygens (including phenoxy) is 1. The fourth-order valence-electron chi connectivity index (χ4n) is 7.61. The van der Waals surface area contributed by atoms with Crippen LogP contribution in [0.1, 0.15) is 39.5 Å². The Bertz CT molecular complexity index is 1150. The highest BCUT2D eigenvalue weighted by molar-refractivity contribution is 7.90. The second kappa shape index (κ2) is 6.84. The third kappa shape index (κ3) is 2.82. The molecule has 0 aromatic heterocycles. The topological polar surface area (TPSA) is 84.0 Å². The number of piperidine rings is 1. The molecule has 8 heteroatoms. The van der Waals surface area contributed by atoms with Crippen LogP contribution in [-0.4, -0.2) is 54.0 Å². The van der Waals surface area contributed by atoms with Crippen molar-refractivity contribution in [1.82, 2.24) is 9.21 Å². The Kier molecular flexibility index (Phi) is 4.39. The van der Waals surface area contributed by atoms with Crippen molar-refractivity contribution in [2.75, 3.05) is 12.3 Å². The number of fused-ring (bicyclic) bond motifs is 3. The fraction of sp³-hybridized carbons (Fsp3) is 0.600.